The van der Waals surface area contributed by atoms with Crippen LogP contribution in [0.5, 0.6) is 0 Å². The SMILES string of the molecule is CCC(CC)n1c(Cc2cccs2)nc2cc(C(=O)N[C@@H](CC(C)C)C(=O)N(C)CCc3ccccc3)ccc21. The molecule has 0 unspecified atom stereocenters. The number of hydrogen-bond donors (Lipinski definition) is 1. The van der Waals surface area contributed by atoms with Crippen molar-refractivity contribution in [2.24, 2.45) is 5.92 Å². The zero-order valence-electron chi connectivity index (χ0n) is 24.4. The molecule has 0 aliphatic rings. The van der Waals surface area contributed by atoms with Crippen LogP contribution in [-0.4, -0.2) is 45.9 Å². The third kappa shape index (κ3) is 7.19. The van der Waals surface area contributed by atoms with Gasteiger partial charge in [0.1, 0.15) is 11.9 Å². The van der Waals surface area contributed by atoms with Gasteiger partial charge in [-0.15, -0.1) is 11.3 Å². The number of aromatic nitrogens is 2. The Morgan fingerprint density at radius 2 is 1.77 bits per heavy atom. The average molecular weight is 559 g/mol. The number of amides is 2. The van der Waals surface area contributed by atoms with E-state index in [0.717, 1.165) is 42.5 Å². The van der Waals surface area contributed by atoms with Gasteiger partial charge in [-0.1, -0.05) is 64.1 Å². The number of likely N-dealkylation sites (N-methyl/N-ethyl adjacent to an activating group) is 1. The third-order valence-corrected chi connectivity index (χ3v) is 8.39. The summed E-state index contributed by atoms with van der Waals surface area (Å²) in [5.74, 6) is 0.982. The van der Waals surface area contributed by atoms with Crippen LogP contribution in [0.1, 0.15) is 79.6 Å². The smallest absolute Gasteiger partial charge is 0.252 e. The normalized spacial score (nSPS) is 12.3. The van der Waals surface area contributed by atoms with Crippen molar-refractivity contribution in [3.8, 4) is 0 Å². The van der Waals surface area contributed by atoms with Gasteiger partial charge < -0.3 is 14.8 Å². The van der Waals surface area contributed by atoms with Gasteiger partial charge in [-0.25, -0.2) is 4.98 Å². The van der Waals surface area contributed by atoms with Crippen molar-refractivity contribution in [2.75, 3.05) is 13.6 Å². The van der Waals surface area contributed by atoms with E-state index in [2.05, 4.69) is 67.2 Å². The first-order valence-corrected chi connectivity index (χ1v) is 15.3. The molecule has 1 N–H and O–H groups in total. The van der Waals surface area contributed by atoms with E-state index in [1.54, 1.807) is 16.2 Å². The summed E-state index contributed by atoms with van der Waals surface area (Å²) in [7, 11) is 1.82. The lowest BCUT2D eigenvalue weighted by Crippen LogP contribution is -2.48. The minimum atomic E-state index is -0.583. The van der Waals surface area contributed by atoms with Gasteiger partial charge in [-0.2, -0.15) is 0 Å². The molecule has 4 rings (SSSR count). The maximum Gasteiger partial charge on any atom is 0.252 e. The van der Waals surface area contributed by atoms with Gasteiger partial charge in [-0.3, -0.25) is 9.59 Å². The Morgan fingerprint density at radius 1 is 1.02 bits per heavy atom. The summed E-state index contributed by atoms with van der Waals surface area (Å²) in [6.45, 7) is 9.16. The quantitative estimate of drug-likeness (QED) is 0.194. The zero-order chi connectivity index (χ0) is 28.6. The molecular weight excluding hydrogens is 516 g/mol. The highest BCUT2D eigenvalue weighted by molar-refractivity contribution is 7.09. The summed E-state index contributed by atoms with van der Waals surface area (Å²) < 4.78 is 2.35. The highest BCUT2D eigenvalue weighted by Gasteiger charge is 2.26. The molecule has 0 saturated heterocycles. The van der Waals surface area contributed by atoms with E-state index in [9.17, 15) is 9.59 Å². The molecule has 2 aromatic carbocycles. The fourth-order valence-electron chi connectivity index (χ4n) is 5.30. The Kier molecular flexibility index (Phi) is 10.2. The first-order chi connectivity index (χ1) is 19.3. The molecule has 2 amide bonds. The van der Waals surface area contributed by atoms with E-state index in [-0.39, 0.29) is 17.7 Å². The molecule has 0 spiro atoms. The molecule has 0 radical (unpaired) electrons. The Morgan fingerprint density at radius 3 is 2.42 bits per heavy atom. The Bertz CT molecular complexity index is 1390. The number of carbonyl (C=O) groups is 2. The van der Waals surface area contributed by atoms with E-state index in [1.165, 1.54) is 10.4 Å². The molecule has 0 bridgehead atoms. The second-order valence-electron chi connectivity index (χ2n) is 11.0. The van der Waals surface area contributed by atoms with E-state index < -0.39 is 6.04 Å². The van der Waals surface area contributed by atoms with E-state index in [4.69, 9.17) is 4.98 Å². The average Bonchev–Trinajstić information content (AvgIpc) is 3.59. The first kappa shape index (κ1) is 29.5. The van der Waals surface area contributed by atoms with E-state index in [0.29, 0.717) is 24.6 Å². The number of thiophene rings is 1. The topological polar surface area (TPSA) is 67.2 Å². The summed E-state index contributed by atoms with van der Waals surface area (Å²) >= 11 is 1.74. The number of fused-ring (bicyclic) bond motifs is 1. The number of rotatable bonds is 13. The van der Waals surface area contributed by atoms with Crippen molar-refractivity contribution < 1.29 is 9.59 Å². The van der Waals surface area contributed by atoms with Crippen LogP contribution in [0.2, 0.25) is 0 Å². The van der Waals surface area contributed by atoms with E-state index >= 15 is 0 Å². The number of benzene rings is 2. The Balaban J connectivity index is 1.54. The van der Waals surface area contributed by atoms with Crippen LogP contribution in [0.25, 0.3) is 11.0 Å². The number of carbonyl (C=O) groups excluding carboxylic acids is 2. The molecule has 2 heterocycles. The number of hydrogen-bond acceptors (Lipinski definition) is 4. The van der Waals surface area contributed by atoms with Crippen molar-refractivity contribution in [1.29, 1.82) is 0 Å². The molecule has 40 heavy (non-hydrogen) atoms. The highest BCUT2D eigenvalue weighted by Crippen LogP contribution is 2.28. The van der Waals surface area contributed by atoms with Crippen LogP contribution < -0.4 is 5.32 Å². The van der Waals surface area contributed by atoms with Crippen molar-refractivity contribution in [3.05, 3.63) is 87.9 Å². The molecule has 7 heteroatoms. The second kappa shape index (κ2) is 13.8. The molecule has 0 aliphatic heterocycles. The lowest BCUT2D eigenvalue weighted by molar-refractivity contribution is -0.132. The monoisotopic (exact) mass is 558 g/mol. The minimum absolute atomic E-state index is 0.0599. The zero-order valence-corrected chi connectivity index (χ0v) is 25.2. The summed E-state index contributed by atoms with van der Waals surface area (Å²) in [6.07, 6.45) is 4.15. The van der Waals surface area contributed by atoms with Gasteiger partial charge in [0, 0.05) is 36.5 Å². The Labute approximate surface area is 242 Å². The summed E-state index contributed by atoms with van der Waals surface area (Å²) in [5, 5.41) is 5.14. The number of nitrogens with zero attached hydrogens (tertiary/aromatic N) is 3. The minimum Gasteiger partial charge on any atom is -0.344 e. The molecular formula is C33H42N4O2S. The summed E-state index contributed by atoms with van der Waals surface area (Å²) in [4.78, 5) is 34.9. The van der Waals surface area contributed by atoms with Crippen LogP contribution in [0.15, 0.2) is 66.0 Å². The lowest BCUT2D eigenvalue weighted by Gasteiger charge is -2.26. The maximum atomic E-state index is 13.5. The fourth-order valence-corrected chi connectivity index (χ4v) is 6.00. The van der Waals surface area contributed by atoms with Gasteiger partial charge in [0.15, 0.2) is 0 Å². The summed E-state index contributed by atoms with van der Waals surface area (Å²) in [6, 6.07) is 19.9. The van der Waals surface area contributed by atoms with Gasteiger partial charge in [-0.05, 0) is 66.8 Å². The van der Waals surface area contributed by atoms with Crippen LogP contribution in [0.3, 0.4) is 0 Å². The highest BCUT2D eigenvalue weighted by atomic mass is 32.1. The predicted molar refractivity (Wildman–Crippen MR) is 165 cm³/mol. The lowest BCUT2D eigenvalue weighted by atomic mass is 10.0. The van der Waals surface area contributed by atoms with Crippen LogP contribution in [0.4, 0.5) is 0 Å². The third-order valence-electron chi connectivity index (χ3n) is 7.51. The summed E-state index contributed by atoms with van der Waals surface area (Å²) in [5.41, 5.74) is 3.58. The predicted octanol–water partition coefficient (Wildman–Crippen LogP) is 6.90. The molecule has 0 fully saturated rings. The fraction of sp³-hybridized carbons (Fsp3) is 0.424. The molecule has 0 saturated carbocycles. The van der Waals surface area contributed by atoms with Crippen LogP contribution in [-0.2, 0) is 17.6 Å². The second-order valence-corrected chi connectivity index (χ2v) is 12.0. The molecule has 6 nitrogen and oxygen atoms in total. The van der Waals surface area contributed by atoms with Crippen LogP contribution >= 0.6 is 11.3 Å². The van der Waals surface area contributed by atoms with Crippen molar-refractivity contribution in [1.82, 2.24) is 19.8 Å². The van der Waals surface area contributed by atoms with Crippen molar-refractivity contribution in [2.45, 2.75) is 71.9 Å². The maximum absolute atomic E-state index is 13.5. The molecule has 4 aromatic rings. The van der Waals surface area contributed by atoms with Crippen molar-refractivity contribution in [3.63, 3.8) is 0 Å². The Hall–Kier alpha value is -3.45. The largest absolute Gasteiger partial charge is 0.344 e. The standard InChI is InChI=1S/C33H42N4O2S/c1-6-26(7-2)37-30-16-15-25(21-28(30)34-31(37)22-27-14-11-19-40-27)32(38)35-29(20-23(3)4)33(39)36(5)18-17-24-12-9-8-10-13-24/h8-16,19,21,23,26,29H,6-7,17-18,20,22H2,1-5H3,(H,35,38)/t29-/m0/s1. The molecule has 0 aliphatic carbocycles. The first-order valence-electron chi connectivity index (χ1n) is 14.4. The number of imidazole rings is 1. The number of nitrogens with one attached hydrogen (secondary N) is 1. The van der Waals surface area contributed by atoms with Gasteiger partial charge in [0.2, 0.25) is 5.91 Å². The molecule has 212 valence electrons. The van der Waals surface area contributed by atoms with E-state index in [1.807, 2.05) is 43.4 Å². The van der Waals surface area contributed by atoms with Gasteiger partial charge >= 0.3 is 0 Å². The molecule has 2 aromatic heterocycles. The van der Waals surface area contributed by atoms with Crippen LogP contribution in [0, 0.1) is 5.92 Å². The van der Waals surface area contributed by atoms with Gasteiger partial charge in [0.25, 0.3) is 5.91 Å². The van der Waals surface area contributed by atoms with Crippen molar-refractivity contribution >= 4 is 34.2 Å². The molecule has 1 atom stereocenters. The van der Waals surface area contributed by atoms with Gasteiger partial charge in [0.05, 0.1) is 11.0 Å².